The number of rotatable bonds is 3. The second-order valence-corrected chi connectivity index (χ2v) is 6.84. The van der Waals surface area contributed by atoms with Crippen molar-refractivity contribution in [2.75, 3.05) is 45.2 Å². The maximum atomic E-state index is 12.7. The molecule has 1 atom stereocenters. The van der Waals surface area contributed by atoms with Crippen LogP contribution in [0.5, 0.6) is 0 Å². The van der Waals surface area contributed by atoms with Gasteiger partial charge in [0.25, 0.3) is 0 Å². The first-order chi connectivity index (χ1) is 11.1. The lowest BCUT2D eigenvalue weighted by Gasteiger charge is -2.39. The Morgan fingerprint density at radius 2 is 2.04 bits per heavy atom. The van der Waals surface area contributed by atoms with Crippen LogP contribution in [-0.2, 0) is 4.79 Å². The minimum Gasteiger partial charge on any atom is -0.356 e. The molecule has 0 bridgehead atoms. The van der Waals surface area contributed by atoms with Crippen molar-refractivity contribution in [3.05, 3.63) is 18.6 Å². The van der Waals surface area contributed by atoms with E-state index in [1.807, 2.05) is 6.07 Å². The van der Waals surface area contributed by atoms with Crippen LogP contribution in [-0.4, -0.2) is 72.0 Å². The van der Waals surface area contributed by atoms with Crippen molar-refractivity contribution in [3.8, 4) is 0 Å². The Kier molecular flexibility index (Phi) is 5.10. The molecule has 1 aromatic heterocycles. The average molecular weight is 317 g/mol. The first-order valence-electron chi connectivity index (χ1n) is 8.61. The minimum absolute atomic E-state index is 0.199. The summed E-state index contributed by atoms with van der Waals surface area (Å²) < 4.78 is 0. The summed E-state index contributed by atoms with van der Waals surface area (Å²) in [7, 11) is 4.20. The predicted octanol–water partition coefficient (Wildman–Crippen LogP) is 1.25. The highest BCUT2D eigenvalue weighted by molar-refractivity contribution is 5.79. The maximum absolute atomic E-state index is 12.7. The molecule has 2 saturated heterocycles. The number of carbonyl (C=O) groups excluding carboxylic acids is 1. The quantitative estimate of drug-likeness (QED) is 0.840. The second kappa shape index (κ2) is 7.25. The van der Waals surface area contributed by atoms with Gasteiger partial charge in [0.05, 0.1) is 5.92 Å². The molecule has 126 valence electrons. The van der Waals surface area contributed by atoms with Crippen molar-refractivity contribution in [2.45, 2.75) is 31.7 Å². The lowest BCUT2D eigenvalue weighted by atomic mass is 9.95. The van der Waals surface area contributed by atoms with Crippen molar-refractivity contribution < 1.29 is 4.79 Å². The number of nitrogens with zero attached hydrogens (tertiary/aromatic N) is 5. The van der Waals surface area contributed by atoms with Gasteiger partial charge in [-0.3, -0.25) is 4.79 Å². The Hall–Kier alpha value is -1.69. The molecule has 1 amide bonds. The van der Waals surface area contributed by atoms with Crippen LogP contribution in [0.4, 0.5) is 5.82 Å². The summed E-state index contributed by atoms with van der Waals surface area (Å²) in [6.07, 6.45) is 7.56. The van der Waals surface area contributed by atoms with Crippen molar-refractivity contribution in [2.24, 2.45) is 5.92 Å². The van der Waals surface area contributed by atoms with Gasteiger partial charge in [-0.2, -0.15) is 0 Å². The van der Waals surface area contributed by atoms with Gasteiger partial charge in [0.2, 0.25) is 5.91 Å². The highest BCUT2D eigenvalue weighted by Gasteiger charge is 2.31. The molecule has 0 radical (unpaired) electrons. The monoisotopic (exact) mass is 317 g/mol. The molecule has 0 N–H and O–H groups in total. The molecule has 2 fully saturated rings. The van der Waals surface area contributed by atoms with E-state index >= 15 is 0 Å². The smallest absolute Gasteiger partial charge is 0.226 e. The van der Waals surface area contributed by atoms with Crippen molar-refractivity contribution >= 4 is 11.7 Å². The number of amides is 1. The molecular formula is C17H27N5O. The first kappa shape index (κ1) is 16.2. The zero-order valence-electron chi connectivity index (χ0n) is 14.2. The Bertz CT molecular complexity index is 515. The van der Waals surface area contributed by atoms with Gasteiger partial charge in [0.1, 0.15) is 12.1 Å². The van der Waals surface area contributed by atoms with Gasteiger partial charge in [-0.1, -0.05) is 0 Å². The van der Waals surface area contributed by atoms with E-state index in [0.29, 0.717) is 11.9 Å². The van der Waals surface area contributed by atoms with Crippen molar-refractivity contribution in [1.82, 2.24) is 19.8 Å². The van der Waals surface area contributed by atoms with E-state index in [2.05, 4.69) is 38.8 Å². The molecule has 23 heavy (non-hydrogen) atoms. The van der Waals surface area contributed by atoms with Crippen LogP contribution >= 0.6 is 0 Å². The van der Waals surface area contributed by atoms with Crippen LogP contribution < -0.4 is 4.90 Å². The molecule has 6 nitrogen and oxygen atoms in total. The molecule has 0 spiro atoms. The molecule has 2 aliphatic heterocycles. The molecule has 0 aliphatic carbocycles. The third kappa shape index (κ3) is 3.80. The fourth-order valence-corrected chi connectivity index (χ4v) is 3.78. The van der Waals surface area contributed by atoms with E-state index in [9.17, 15) is 4.79 Å². The van der Waals surface area contributed by atoms with Crippen LogP contribution in [0.1, 0.15) is 25.7 Å². The van der Waals surface area contributed by atoms with Crippen molar-refractivity contribution in [3.63, 3.8) is 0 Å². The number of aromatic nitrogens is 2. The third-order valence-corrected chi connectivity index (χ3v) is 5.23. The Labute approximate surface area is 138 Å². The molecule has 1 aromatic rings. The van der Waals surface area contributed by atoms with Crippen LogP contribution in [0, 0.1) is 5.92 Å². The summed E-state index contributed by atoms with van der Waals surface area (Å²) in [6, 6.07) is 2.39. The lowest BCUT2D eigenvalue weighted by Crippen LogP contribution is -2.49. The number of hydrogen-bond acceptors (Lipinski definition) is 5. The molecular weight excluding hydrogens is 290 g/mol. The fourth-order valence-electron chi connectivity index (χ4n) is 3.78. The molecule has 0 aromatic carbocycles. The van der Waals surface area contributed by atoms with Gasteiger partial charge >= 0.3 is 0 Å². The fraction of sp³-hybridized carbons (Fsp3) is 0.706. The van der Waals surface area contributed by atoms with E-state index in [1.165, 1.54) is 0 Å². The largest absolute Gasteiger partial charge is 0.356 e. The Morgan fingerprint density at radius 1 is 1.26 bits per heavy atom. The summed E-state index contributed by atoms with van der Waals surface area (Å²) in [5, 5.41) is 0. The third-order valence-electron chi connectivity index (χ3n) is 5.23. The van der Waals surface area contributed by atoms with Gasteiger partial charge in [0, 0.05) is 38.9 Å². The SMILES string of the molecule is CN1CCCC(C(=O)N2CCC(N(C)c3ccncn3)CC2)C1. The predicted molar refractivity (Wildman–Crippen MR) is 90.3 cm³/mol. The lowest BCUT2D eigenvalue weighted by molar-refractivity contribution is -0.138. The van der Waals surface area contributed by atoms with E-state index in [1.54, 1.807) is 12.5 Å². The molecule has 2 aliphatic rings. The zero-order valence-corrected chi connectivity index (χ0v) is 14.2. The van der Waals surface area contributed by atoms with E-state index in [0.717, 1.165) is 57.7 Å². The van der Waals surface area contributed by atoms with E-state index in [-0.39, 0.29) is 5.92 Å². The van der Waals surface area contributed by atoms with Gasteiger partial charge in [0.15, 0.2) is 0 Å². The second-order valence-electron chi connectivity index (χ2n) is 6.84. The number of likely N-dealkylation sites (tertiary alicyclic amines) is 2. The maximum Gasteiger partial charge on any atom is 0.226 e. The molecule has 0 saturated carbocycles. The van der Waals surface area contributed by atoms with Crippen LogP contribution in [0.25, 0.3) is 0 Å². The van der Waals surface area contributed by atoms with Gasteiger partial charge in [-0.15, -0.1) is 0 Å². The highest BCUT2D eigenvalue weighted by atomic mass is 16.2. The summed E-state index contributed by atoms with van der Waals surface area (Å²) in [5.74, 6) is 1.52. The normalized spacial score (nSPS) is 23.7. The summed E-state index contributed by atoms with van der Waals surface area (Å²) in [4.78, 5) is 27.6. The Morgan fingerprint density at radius 3 is 2.70 bits per heavy atom. The van der Waals surface area contributed by atoms with Gasteiger partial charge in [-0.25, -0.2) is 9.97 Å². The topological polar surface area (TPSA) is 52.6 Å². The average Bonchev–Trinajstić information content (AvgIpc) is 2.61. The van der Waals surface area contributed by atoms with Crippen LogP contribution in [0.15, 0.2) is 18.6 Å². The van der Waals surface area contributed by atoms with Crippen LogP contribution in [0.3, 0.4) is 0 Å². The van der Waals surface area contributed by atoms with Gasteiger partial charge < -0.3 is 14.7 Å². The van der Waals surface area contributed by atoms with Gasteiger partial charge in [-0.05, 0) is 45.3 Å². The standard InChI is InChI=1S/C17H27N5O/c1-20-9-3-4-14(12-20)17(23)22-10-6-15(7-11-22)21(2)16-5-8-18-13-19-16/h5,8,13-15H,3-4,6-7,9-12H2,1-2H3. The summed E-state index contributed by atoms with van der Waals surface area (Å²) >= 11 is 0. The number of hydrogen-bond donors (Lipinski definition) is 0. The number of carbonyl (C=O) groups is 1. The molecule has 3 rings (SSSR count). The summed E-state index contributed by atoms with van der Waals surface area (Å²) in [6.45, 7) is 3.76. The molecule has 1 unspecified atom stereocenters. The highest BCUT2D eigenvalue weighted by Crippen LogP contribution is 2.23. The minimum atomic E-state index is 0.199. The summed E-state index contributed by atoms with van der Waals surface area (Å²) in [5.41, 5.74) is 0. The van der Waals surface area contributed by atoms with Crippen molar-refractivity contribution in [1.29, 1.82) is 0 Å². The van der Waals surface area contributed by atoms with E-state index < -0.39 is 0 Å². The number of piperidine rings is 2. The van der Waals surface area contributed by atoms with E-state index in [4.69, 9.17) is 0 Å². The number of anilines is 1. The Balaban J connectivity index is 1.53. The molecule has 6 heteroatoms. The van der Waals surface area contributed by atoms with Crippen LogP contribution in [0.2, 0.25) is 0 Å². The first-order valence-corrected chi connectivity index (χ1v) is 8.61. The molecule has 3 heterocycles. The zero-order chi connectivity index (χ0) is 16.2.